The van der Waals surface area contributed by atoms with Crippen LogP contribution in [-0.2, 0) is 0 Å². The molecule has 3 rings (SSSR count). The first-order chi connectivity index (χ1) is 12.9. The van der Waals surface area contributed by atoms with Crippen molar-refractivity contribution in [2.24, 2.45) is 17.8 Å². The van der Waals surface area contributed by atoms with Crippen LogP contribution in [-0.4, -0.2) is 85.1 Å². The van der Waals surface area contributed by atoms with Gasteiger partial charge in [0.25, 0.3) is 0 Å². The van der Waals surface area contributed by atoms with Gasteiger partial charge in [0.05, 0.1) is 0 Å². The summed E-state index contributed by atoms with van der Waals surface area (Å²) in [5.41, 5.74) is 2.14. The normalized spacial score (nSPS) is 24.6. The lowest BCUT2D eigenvalue weighted by Crippen LogP contribution is -2.40. The molecule has 0 amide bonds. The third-order valence-corrected chi connectivity index (χ3v) is 6.32. The first kappa shape index (κ1) is 20.3. The summed E-state index contributed by atoms with van der Waals surface area (Å²) in [4.78, 5) is 16.2. The molecule has 0 spiro atoms. The van der Waals surface area contributed by atoms with Gasteiger partial charge in [0.15, 0.2) is 0 Å². The number of aliphatic hydroxyl groups is 2. The molecule has 0 bridgehead atoms. The van der Waals surface area contributed by atoms with E-state index in [1.807, 2.05) is 25.9 Å². The molecule has 2 aliphatic rings. The number of nitrogens with zero attached hydrogens (tertiary/aromatic N) is 5. The number of piperidine rings is 1. The monoisotopic (exact) mass is 377 g/mol. The minimum absolute atomic E-state index is 0.220. The fourth-order valence-electron chi connectivity index (χ4n) is 4.32. The van der Waals surface area contributed by atoms with E-state index in [2.05, 4.69) is 21.7 Å². The highest BCUT2D eigenvalue weighted by Crippen LogP contribution is 2.32. The molecule has 0 saturated carbocycles. The van der Waals surface area contributed by atoms with Crippen molar-refractivity contribution in [1.82, 2.24) is 14.9 Å². The van der Waals surface area contributed by atoms with Crippen molar-refractivity contribution in [2.75, 3.05) is 69.8 Å². The predicted molar refractivity (Wildman–Crippen MR) is 108 cm³/mol. The van der Waals surface area contributed by atoms with Crippen molar-refractivity contribution in [1.29, 1.82) is 0 Å². The smallest absolute Gasteiger partial charge is 0.227 e. The van der Waals surface area contributed by atoms with Crippen molar-refractivity contribution in [3.63, 3.8) is 0 Å². The summed E-state index contributed by atoms with van der Waals surface area (Å²) in [7, 11) is 3.93. The Kier molecular flexibility index (Phi) is 6.55. The van der Waals surface area contributed by atoms with Crippen LogP contribution >= 0.6 is 0 Å². The van der Waals surface area contributed by atoms with Crippen LogP contribution in [0.4, 0.5) is 11.8 Å². The lowest BCUT2D eigenvalue weighted by molar-refractivity contribution is 0.106. The maximum Gasteiger partial charge on any atom is 0.227 e. The van der Waals surface area contributed by atoms with E-state index in [4.69, 9.17) is 4.98 Å². The highest BCUT2D eigenvalue weighted by Gasteiger charge is 2.35. The van der Waals surface area contributed by atoms with Gasteiger partial charge in [-0.25, -0.2) is 4.98 Å². The van der Waals surface area contributed by atoms with Crippen LogP contribution in [0.25, 0.3) is 0 Å². The van der Waals surface area contributed by atoms with Crippen LogP contribution in [0, 0.1) is 31.6 Å². The lowest BCUT2D eigenvalue weighted by atomic mass is 9.93. The van der Waals surface area contributed by atoms with E-state index in [1.54, 1.807) is 0 Å². The Hall–Kier alpha value is -1.44. The second-order valence-corrected chi connectivity index (χ2v) is 8.49. The first-order valence-corrected chi connectivity index (χ1v) is 10.1. The summed E-state index contributed by atoms with van der Waals surface area (Å²) in [6.07, 6.45) is 2.15. The van der Waals surface area contributed by atoms with E-state index in [9.17, 15) is 10.2 Å². The topological polar surface area (TPSA) is 76.0 Å². The molecular weight excluding hydrogens is 342 g/mol. The summed E-state index contributed by atoms with van der Waals surface area (Å²) >= 11 is 0. The molecular formula is C20H35N5O2. The highest BCUT2D eigenvalue weighted by molar-refractivity contribution is 5.53. The molecule has 2 saturated heterocycles. The van der Waals surface area contributed by atoms with Gasteiger partial charge < -0.3 is 24.9 Å². The van der Waals surface area contributed by atoms with Crippen molar-refractivity contribution in [3.8, 4) is 0 Å². The molecule has 0 aliphatic carbocycles. The zero-order valence-corrected chi connectivity index (χ0v) is 17.2. The zero-order chi connectivity index (χ0) is 19.6. The standard InChI is InChI=1S/C20H35N5O2/c1-14-15(2)21-20(23(3)4)22-19(14)25-10-17(18(11-25)13-27)9-24-7-5-16(12-26)6-8-24/h16-18,26-27H,5-13H2,1-4H3/t17-,18-/m1/s1. The number of likely N-dealkylation sites (tertiary alicyclic amines) is 1. The average molecular weight is 378 g/mol. The predicted octanol–water partition coefficient (Wildman–Crippen LogP) is 0.908. The Morgan fingerprint density at radius 1 is 1.00 bits per heavy atom. The number of aliphatic hydroxyl groups excluding tert-OH is 2. The molecule has 27 heavy (non-hydrogen) atoms. The van der Waals surface area contributed by atoms with Gasteiger partial charge in [-0.05, 0) is 51.6 Å². The van der Waals surface area contributed by atoms with E-state index in [0.717, 1.165) is 68.6 Å². The van der Waals surface area contributed by atoms with Crippen LogP contribution in [0.15, 0.2) is 0 Å². The summed E-state index contributed by atoms with van der Waals surface area (Å²) in [6, 6.07) is 0. The SMILES string of the molecule is Cc1nc(N(C)C)nc(N2C[C@@H](CN3CCC(CO)CC3)[C@@H](CO)C2)c1C. The van der Waals surface area contributed by atoms with Gasteiger partial charge in [0, 0.05) is 64.1 Å². The van der Waals surface area contributed by atoms with E-state index in [1.165, 1.54) is 0 Å². The molecule has 152 valence electrons. The molecule has 7 nitrogen and oxygen atoms in total. The number of anilines is 2. The van der Waals surface area contributed by atoms with E-state index in [-0.39, 0.29) is 12.5 Å². The summed E-state index contributed by atoms with van der Waals surface area (Å²) in [6.45, 7) is 9.55. The minimum Gasteiger partial charge on any atom is -0.396 e. The van der Waals surface area contributed by atoms with Crippen LogP contribution in [0.2, 0.25) is 0 Å². The summed E-state index contributed by atoms with van der Waals surface area (Å²) in [5, 5.41) is 19.3. The molecule has 1 aromatic rings. The molecule has 2 atom stereocenters. The van der Waals surface area contributed by atoms with Crippen LogP contribution < -0.4 is 9.80 Å². The van der Waals surface area contributed by atoms with Gasteiger partial charge in [-0.1, -0.05) is 0 Å². The fourth-order valence-corrected chi connectivity index (χ4v) is 4.32. The molecule has 0 aromatic carbocycles. The molecule has 2 aliphatic heterocycles. The van der Waals surface area contributed by atoms with Crippen molar-refractivity contribution < 1.29 is 10.2 Å². The van der Waals surface area contributed by atoms with Gasteiger partial charge in [-0.3, -0.25) is 0 Å². The molecule has 0 unspecified atom stereocenters. The molecule has 2 N–H and O–H groups in total. The Morgan fingerprint density at radius 2 is 1.67 bits per heavy atom. The number of hydrogen-bond acceptors (Lipinski definition) is 7. The van der Waals surface area contributed by atoms with Crippen LogP contribution in [0.5, 0.6) is 0 Å². The molecule has 1 aromatic heterocycles. The number of hydrogen-bond donors (Lipinski definition) is 2. The van der Waals surface area contributed by atoms with Crippen molar-refractivity contribution in [2.45, 2.75) is 26.7 Å². The molecule has 7 heteroatoms. The Labute approximate surface area is 163 Å². The maximum absolute atomic E-state index is 9.96. The third kappa shape index (κ3) is 4.52. The fraction of sp³-hybridized carbons (Fsp3) is 0.800. The molecule has 2 fully saturated rings. The van der Waals surface area contributed by atoms with Gasteiger partial charge in [0.2, 0.25) is 5.95 Å². The minimum atomic E-state index is 0.220. The van der Waals surface area contributed by atoms with Crippen molar-refractivity contribution in [3.05, 3.63) is 11.3 Å². The average Bonchev–Trinajstić information content (AvgIpc) is 3.06. The zero-order valence-electron chi connectivity index (χ0n) is 17.2. The van der Waals surface area contributed by atoms with Gasteiger partial charge in [0.1, 0.15) is 5.82 Å². The molecule has 0 radical (unpaired) electrons. The Bertz CT molecular complexity index is 631. The highest BCUT2D eigenvalue weighted by atomic mass is 16.3. The first-order valence-electron chi connectivity index (χ1n) is 10.1. The Balaban J connectivity index is 1.71. The maximum atomic E-state index is 9.96. The Morgan fingerprint density at radius 3 is 2.26 bits per heavy atom. The van der Waals surface area contributed by atoms with E-state index in [0.29, 0.717) is 18.4 Å². The van der Waals surface area contributed by atoms with Gasteiger partial charge in [-0.2, -0.15) is 4.98 Å². The lowest BCUT2D eigenvalue weighted by Gasteiger charge is -2.33. The van der Waals surface area contributed by atoms with E-state index >= 15 is 0 Å². The second-order valence-electron chi connectivity index (χ2n) is 8.49. The largest absolute Gasteiger partial charge is 0.396 e. The van der Waals surface area contributed by atoms with Gasteiger partial charge >= 0.3 is 0 Å². The molecule has 3 heterocycles. The number of aryl methyl sites for hydroxylation is 1. The number of aromatic nitrogens is 2. The van der Waals surface area contributed by atoms with Crippen LogP contribution in [0.1, 0.15) is 24.1 Å². The van der Waals surface area contributed by atoms with Gasteiger partial charge in [-0.15, -0.1) is 0 Å². The third-order valence-electron chi connectivity index (χ3n) is 6.32. The van der Waals surface area contributed by atoms with E-state index < -0.39 is 0 Å². The summed E-state index contributed by atoms with van der Waals surface area (Å²) in [5.74, 6) is 2.93. The number of rotatable bonds is 6. The second kappa shape index (κ2) is 8.71. The summed E-state index contributed by atoms with van der Waals surface area (Å²) < 4.78 is 0. The van der Waals surface area contributed by atoms with Crippen molar-refractivity contribution >= 4 is 11.8 Å². The van der Waals surface area contributed by atoms with Crippen LogP contribution in [0.3, 0.4) is 0 Å². The quantitative estimate of drug-likeness (QED) is 0.763.